The molecule has 1 N–H and O–H groups in total. The molecule has 0 aliphatic carbocycles. The van der Waals surface area contributed by atoms with Gasteiger partial charge in [0.25, 0.3) is 0 Å². The molecule has 0 spiro atoms. The molecule has 0 amide bonds. The summed E-state index contributed by atoms with van der Waals surface area (Å²) in [6, 6.07) is 9.69. The van der Waals surface area contributed by atoms with Crippen LogP contribution in [-0.4, -0.2) is 52.1 Å². The van der Waals surface area contributed by atoms with Gasteiger partial charge in [-0.15, -0.1) is 5.10 Å². The van der Waals surface area contributed by atoms with E-state index in [2.05, 4.69) is 26.7 Å². The minimum absolute atomic E-state index is 0.0646. The van der Waals surface area contributed by atoms with Gasteiger partial charge in [0.1, 0.15) is 5.75 Å². The fourth-order valence-electron chi connectivity index (χ4n) is 3.45. The number of methoxy groups -OCH3 is 2. The van der Waals surface area contributed by atoms with Crippen molar-refractivity contribution >= 4 is 17.5 Å². The van der Waals surface area contributed by atoms with E-state index in [1.165, 1.54) is 11.8 Å². The van der Waals surface area contributed by atoms with Gasteiger partial charge in [0.05, 0.1) is 25.5 Å². The molecule has 0 saturated heterocycles. The summed E-state index contributed by atoms with van der Waals surface area (Å²) in [7, 11) is 3.31. The molecule has 3 aromatic rings. The Morgan fingerprint density at radius 1 is 1.24 bits per heavy atom. The van der Waals surface area contributed by atoms with Crippen molar-refractivity contribution in [3.05, 3.63) is 47.3 Å². The van der Waals surface area contributed by atoms with E-state index in [0.717, 1.165) is 28.3 Å². The second-order valence-electron chi connectivity index (χ2n) is 6.87. The lowest BCUT2D eigenvalue weighted by Gasteiger charge is -2.17. The quantitative estimate of drug-likeness (QED) is 0.420. The monoisotopic (exact) mass is 414 g/mol. The number of carbonyl (C=O) groups excluding carboxylic acids is 1. The first-order valence-corrected chi connectivity index (χ1v) is 10.3. The molecule has 29 heavy (non-hydrogen) atoms. The van der Waals surface area contributed by atoms with Crippen LogP contribution in [0.4, 0.5) is 0 Å². The van der Waals surface area contributed by atoms with Crippen molar-refractivity contribution in [3.8, 4) is 17.1 Å². The van der Waals surface area contributed by atoms with Crippen molar-refractivity contribution in [2.75, 3.05) is 26.6 Å². The number of aryl methyl sites for hydroxylation is 1. The van der Waals surface area contributed by atoms with Crippen LogP contribution in [0, 0.1) is 13.8 Å². The van der Waals surface area contributed by atoms with Gasteiger partial charge >= 0.3 is 0 Å². The van der Waals surface area contributed by atoms with Gasteiger partial charge in [-0.25, -0.2) is 4.98 Å². The molecule has 8 heteroatoms. The van der Waals surface area contributed by atoms with Crippen LogP contribution < -0.4 is 4.74 Å². The molecule has 0 aliphatic rings. The Kier molecular flexibility index (Phi) is 6.76. The number of hydrogen-bond donors (Lipinski definition) is 1. The van der Waals surface area contributed by atoms with E-state index < -0.39 is 0 Å². The predicted octanol–water partition coefficient (Wildman–Crippen LogP) is 4.08. The Hall–Kier alpha value is -2.58. The van der Waals surface area contributed by atoms with Gasteiger partial charge < -0.3 is 14.0 Å². The highest BCUT2D eigenvalue weighted by molar-refractivity contribution is 7.99. The minimum atomic E-state index is 0.0646. The Balaban J connectivity index is 1.67. The van der Waals surface area contributed by atoms with E-state index in [-0.39, 0.29) is 17.6 Å². The molecule has 2 aromatic heterocycles. The third-order valence-electron chi connectivity index (χ3n) is 4.79. The van der Waals surface area contributed by atoms with E-state index in [4.69, 9.17) is 9.47 Å². The van der Waals surface area contributed by atoms with Crippen LogP contribution in [-0.2, 0) is 4.74 Å². The summed E-state index contributed by atoms with van der Waals surface area (Å²) in [6.45, 7) is 6.68. The lowest BCUT2D eigenvalue weighted by atomic mass is 10.2. The van der Waals surface area contributed by atoms with Crippen LogP contribution in [0.1, 0.15) is 34.7 Å². The highest BCUT2D eigenvalue weighted by Crippen LogP contribution is 2.25. The molecule has 3 rings (SSSR count). The average molecular weight is 415 g/mol. The number of ketones is 1. The lowest BCUT2D eigenvalue weighted by molar-refractivity contribution is 0.102. The number of Topliss-reactive ketones (excluding diaryl/α,β-unsaturated/α-hetero) is 1. The van der Waals surface area contributed by atoms with Gasteiger partial charge in [-0.2, -0.15) is 0 Å². The lowest BCUT2D eigenvalue weighted by Crippen LogP contribution is -2.14. The number of rotatable bonds is 9. The molecule has 0 radical (unpaired) electrons. The zero-order chi connectivity index (χ0) is 21.0. The first kappa shape index (κ1) is 21.1. The van der Waals surface area contributed by atoms with Gasteiger partial charge in [-0.05, 0) is 51.1 Å². The van der Waals surface area contributed by atoms with Crippen molar-refractivity contribution in [1.29, 1.82) is 0 Å². The first-order chi connectivity index (χ1) is 13.9. The second-order valence-corrected chi connectivity index (χ2v) is 7.81. The number of ether oxygens (including phenoxy) is 2. The van der Waals surface area contributed by atoms with Crippen LogP contribution in [0.2, 0.25) is 0 Å². The number of H-pyrrole nitrogens is 1. The number of thioether (sulfide) groups is 1. The summed E-state index contributed by atoms with van der Waals surface area (Å²) < 4.78 is 12.6. The van der Waals surface area contributed by atoms with Crippen molar-refractivity contribution in [2.24, 2.45) is 0 Å². The van der Waals surface area contributed by atoms with E-state index in [9.17, 15) is 4.79 Å². The Bertz CT molecular complexity index is 978. The number of nitrogens with one attached hydrogen (secondary N) is 1. The summed E-state index contributed by atoms with van der Waals surface area (Å²) in [5, 5.41) is 7.69. The first-order valence-electron chi connectivity index (χ1n) is 9.34. The zero-order valence-corrected chi connectivity index (χ0v) is 18.2. The Morgan fingerprint density at radius 2 is 1.97 bits per heavy atom. The van der Waals surface area contributed by atoms with E-state index in [0.29, 0.717) is 17.6 Å². The van der Waals surface area contributed by atoms with Crippen LogP contribution in [0.3, 0.4) is 0 Å². The smallest absolute Gasteiger partial charge is 0.209 e. The summed E-state index contributed by atoms with van der Waals surface area (Å²) in [5.41, 5.74) is 3.67. The van der Waals surface area contributed by atoms with Crippen LogP contribution in [0.15, 0.2) is 35.5 Å². The normalized spacial score (nSPS) is 12.2. The predicted molar refractivity (Wildman–Crippen MR) is 114 cm³/mol. The average Bonchev–Trinajstić information content (AvgIpc) is 3.30. The maximum atomic E-state index is 12.8. The largest absolute Gasteiger partial charge is 0.497 e. The second kappa shape index (κ2) is 9.28. The maximum absolute atomic E-state index is 12.8. The SMILES string of the molecule is COC[C@H](C)n1c(C)cc(C(=O)CSc2n[nH]c(-c3ccc(OC)cc3)n2)c1C. The molecule has 2 heterocycles. The Labute approximate surface area is 174 Å². The summed E-state index contributed by atoms with van der Waals surface area (Å²) in [5.74, 6) is 1.79. The third kappa shape index (κ3) is 4.71. The molecular formula is C21H26N4O3S. The van der Waals surface area contributed by atoms with E-state index >= 15 is 0 Å². The van der Waals surface area contributed by atoms with Gasteiger partial charge in [0.2, 0.25) is 5.16 Å². The fourth-order valence-corrected chi connectivity index (χ4v) is 4.13. The van der Waals surface area contributed by atoms with Crippen molar-refractivity contribution in [1.82, 2.24) is 19.7 Å². The summed E-state index contributed by atoms with van der Waals surface area (Å²) in [6.07, 6.45) is 0. The van der Waals surface area contributed by atoms with Gasteiger partial charge in [0, 0.05) is 29.6 Å². The molecule has 1 atom stereocenters. The molecule has 154 valence electrons. The minimum Gasteiger partial charge on any atom is -0.497 e. The topological polar surface area (TPSA) is 82.0 Å². The highest BCUT2D eigenvalue weighted by Gasteiger charge is 2.19. The maximum Gasteiger partial charge on any atom is 0.209 e. The van der Waals surface area contributed by atoms with E-state index in [1.807, 2.05) is 44.2 Å². The zero-order valence-electron chi connectivity index (χ0n) is 17.4. The molecule has 7 nitrogen and oxygen atoms in total. The number of carbonyl (C=O) groups is 1. The summed E-state index contributed by atoms with van der Waals surface area (Å²) >= 11 is 1.33. The van der Waals surface area contributed by atoms with Crippen molar-refractivity contribution < 1.29 is 14.3 Å². The number of aromatic nitrogens is 4. The molecule has 1 aromatic carbocycles. The van der Waals surface area contributed by atoms with E-state index in [1.54, 1.807) is 14.2 Å². The summed E-state index contributed by atoms with van der Waals surface area (Å²) in [4.78, 5) is 17.3. The molecule has 0 unspecified atom stereocenters. The molecule has 0 fully saturated rings. The Morgan fingerprint density at radius 3 is 2.62 bits per heavy atom. The van der Waals surface area contributed by atoms with Crippen LogP contribution in [0.5, 0.6) is 5.75 Å². The molecule has 0 aliphatic heterocycles. The van der Waals surface area contributed by atoms with Crippen LogP contribution >= 0.6 is 11.8 Å². The van der Waals surface area contributed by atoms with Gasteiger partial charge in [-0.1, -0.05) is 11.8 Å². The number of nitrogens with zero attached hydrogens (tertiary/aromatic N) is 3. The molecule has 0 saturated carbocycles. The van der Waals surface area contributed by atoms with Gasteiger partial charge in [-0.3, -0.25) is 9.89 Å². The molecule has 0 bridgehead atoms. The molecular weight excluding hydrogens is 388 g/mol. The van der Waals surface area contributed by atoms with Crippen molar-refractivity contribution in [3.63, 3.8) is 0 Å². The van der Waals surface area contributed by atoms with Crippen LogP contribution in [0.25, 0.3) is 11.4 Å². The van der Waals surface area contributed by atoms with Gasteiger partial charge in [0.15, 0.2) is 11.6 Å². The fraction of sp³-hybridized carbons (Fsp3) is 0.381. The third-order valence-corrected chi connectivity index (χ3v) is 5.64. The number of hydrogen-bond acceptors (Lipinski definition) is 6. The number of benzene rings is 1. The number of aromatic amines is 1. The highest BCUT2D eigenvalue weighted by atomic mass is 32.2. The van der Waals surface area contributed by atoms with Crippen molar-refractivity contribution in [2.45, 2.75) is 32.0 Å². The standard InChI is InChI=1S/C21H26N4O3S/c1-13-10-18(15(3)25(13)14(2)11-27-4)19(26)12-29-21-22-20(23-24-21)16-6-8-17(28-5)9-7-16/h6-10,14H,11-12H2,1-5H3,(H,22,23,24)/t14-/m0/s1.